The first-order chi connectivity index (χ1) is 63.1. The summed E-state index contributed by atoms with van der Waals surface area (Å²) >= 11 is 0. The van der Waals surface area contributed by atoms with Crippen LogP contribution in [0.1, 0.15) is 96.3 Å². The van der Waals surface area contributed by atoms with Gasteiger partial charge in [0, 0.05) is 54.5 Å². The van der Waals surface area contributed by atoms with Gasteiger partial charge in [0.2, 0.25) is 5.78 Å². The SMILES string of the molecule is COC(=O)c1cnn(C)c1N=Nc1c(C)nn(-c2ccc(-n3nc(C)c(N=Nc4c(C(=O)OC)cnn4C)c3N)nn2)c1N.COC(=O)c1cnn(C)c1N=Nc1c(C)nn(-c2ccnc(-n3nc(C)c(N=Nc4c(C(=O)OC)cnn4C)c3N)n2)c1N.COC(=O)c1cnn(C)c1N=Nc1c(C)nn(-c2cnc(-n3nc(C)c(N=Nc4c(C(=O)C=O)cnn4C)c3N)cn2)c1N. The quantitative estimate of drug-likeness (QED) is 0.00829. The highest BCUT2D eigenvalue weighted by Gasteiger charge is 2.29. The van der Waals surface area contributed by atoms with E-state index in [2.05, 4.69) is 153 Å². The first-order valence-electron chi connectivity index (χ1n) is 37.8. The molecule has 15 aromatic rings. The van der Waals surface area contributed by atoms with Crippen molar-refractivity contribution < 1.29 is 57.2 Å². The van der Waals surface area contributed by atoms with Crippen LogP contribution in [0.15, 0.2) is 135 Å². The average molecular weight is 1810 g/mol. The molecule has 0 aromatic carbocycles. The van der Waals surface area contributed by atoms with Gasteiger partial charge >= 0.3 is 29.8 Å². The van der Waals surface area contributed by atoms with Crippen LogP contribution in [-0.2, 0) is 70.8 Å². The Kier molecular flexibility index (Phi) is 25.9. The first-order valence-corrected chi connectivity index (χ1v) is 37.8. The van der Waals surface area contributed by atoms with Gasteiger partial charge in [0.25, 0.3) is 5.95 Å². The van der Waals surface area contributed by atoms with Gasteiger partial charge in [-0.25, -0.2) is 67.0 Å². The molecule has 0 fully saturated rings. The molecule has 60 nitrogen and oxygen atoms in total. The molecule has 60 heteroatoms. The molecule has 0 aliphatic carbocycles. The van der Waals surface area contributed by atoms with Gasteiger partial charge in [-0.1, -0.05) is 0 Å². The predicted octanol–water partition coefficient (Wildman–Crippen LogP) is 7.10. The zero-order valence-electron chi connectivity index (χ0n) is 72.7. The van der Waals surface area contributed by atoms with Crippen molar-refractivity contribution in [3.8, 4) is 35.0 Å². The molecule has 132 heavy (non-hydrogen) atoms. The fourth-order valence-electron chi connectivity index (χ4n) is 12.0. The standard InChI is InChI=1S/C24H24N16O4.2C24H26N16O4/c1-11-18(31-33-22-13(15(42)10-41)6-29-37(22)3)20(25)39(35-11)16-8-28-17(9-27-16)40-21(26)19(12(2)36-40)32-34-23-14(24(43)44-5)7-30-38(23)4;1-11-16(31-33-20-13(22(41)43-5)9-28-37(20)3)18(25)39(35-11)15-7-8-27-24(30-15)40-19(26)17(12(2)36-40)32-34-21-14(23(42)44-6)10-29-38(21)4;1-11-17(31-33-21-13(23(41)43-5)9-27-37(21)3)19(25)39(35-11)15-7-8-16(30-29-15)40-20(26)18(12(2)36-40)32-34-22-14(24(42)44-6)10-28-38(22)4/h6-10H,25-26H2,1-5H3;2*7-10H,25-26H2,1-6H3. The number of aromatic nitrogens is 30. The zero-order valence-corrected chi connectivity index (χ0v) is 72.7. The Morgan fingerprint density at radius 3 is 0.765 bits per heavy atom. The Bertz CT molecular complexity index is 6940. The van der Waals surface area contributed by atoms with E-state index in [9.17, 15) is 33.6 Å². The highest BCUT2D eigenvalue weighted by atomic mass is 16.5. The number of hydrogen-bond donors (Lipinski definition) is 6. The topological polar surface area (TPSA) is 761 Å². The number of nitrogens with zero attached hydrogens (tertiary/aromatic N) is 42. The molecule has 0 atom stereocenters. The van der Waals surface area contributed by atoms with Crippen molar-refractivity contribution >= 4 is 146 Å². The van der Waals surface area contributed by atoms with Crippen molar-refractivity contribution in [3.05, 3.63) is 142 Å². The summed E-state index contributed by atoms with van der Waals surface area (Å²) in [5, 5.41) is 109. The summed E-state index contributed by atoms with van der Waals surface area (Å²) in [4.78, 5) is 101. The number of carbonyl (C=O) groups is 7. The normalized spacial score (nSPS) is 11.6. The lowest BCUT2D eigenvalue weighted by atomic mass is 10.2. The number of ketones is 1. The van der Waals surface area contributed by atoms with Crippen LogP contribution in [0, 0.1) is 41.5 Å². The maximum absolute atomic E-state index is 12.1. The summed E-state index contributed by atoms with van der Waals surface area (Å²) < 4.78 is 40.0. The maximum Gasteiger partial charge on any atom is 0.343 e. The summed E-state index contributed by atoms with van der Waals surface area (Å²) in [6.07, 6.45) is 12.3. The van der Waals surface area contributed by atoms with Crippen molar-refractivity contribution in [2.45, 2.75) is 41.5 Å². The van der Waals surface area contributed by atoms with Crippen LogP contribution in [-0.4, -0.2) is 225 Å². The third-order valence-corrected chi connectivity index (χ3v) is 18.9. The molecule has 12 N–H and O–H groups in total. The minimum atomic E-state index is -0.785. The van der Waals surface area contributed by atoms with E-state index in [4.69, 9.17) is 58.1 Å². The highest BCUT2D eigenvalue weighted by molar-refractivity contribution is 6.34. The van der Waals surface area contributed by atoms with E-state index in [1.54, 1.807) is 102 Å². The number of ether oxygens (including phenoxy) is 5. The maximum atomic E-state index is 12.1. The van der Waals surface area contributed by atoms with E-state index >= 15 is 0 Å². The van der Waals surface area contributed by atoms with Crippen LogP contribution < -0.4 is 34.4 Å². The molecule has 15 heterocycles. The van der Waals surface area contributed by atoms with Crippen molar-refractivity contribution in [2.24, 2.45) is 104 Å². The number of Topliss-reactive ketones (excluding diaryl/α,β-unsaturated/α-hetero) is 1. The van der Waals surface area contributed by atoms with Crippen molar-refractivity contribution in [2.75, 3.05) is 70.0 Å². The van der Waals surface area contributed by atoms with Crippen LogP contribution in [0.2, 0.25) is 0 Å². The lowest BCUT2D eigenvalue weighted by molar-refractivity contribution is -0.104. The minimum absolute atomic E-state index is 0.00277. The number of nitrogens with two attached hydrogens (primary N) is 6. The summed E-state index contributed by atoms with van der Waals surface area (Å²) in [6.45, 7) is 10.1. The van der Waals surface area contributed by atoms with E-state index in [0.29, 0.717) is 34.2 Å². The van der Waals surface area contributed by atoms with Crippen molar-refractivity contribution in [1.29, 1.82) is 0 Å². The number of nitrogen functional groups attached to an aromatic ring is 6. The van der Waals surface area contributed by atoms with E-state index < -0.39 is 35.6 Å². The molecule has 0 aliphatic rings. The minimum Gasteiger partial charge on any atom is -0.465 e. The number of rotatable bonds is 25. The number of hydrogen-bond acceptors (Lipinski definition) is 48. The van der Waals surface area contributed by atoms with E-state index in [1.807, 2.05) is 0 Å². The summed E-state index contributed by atoms with van der Waals surface area (Å²) in [6, 6.07) is 4.80. The molecule has 0 bridgehead atoms. The monoisotopic (exact) mass is 1800 g/mol. The first kappa shape index (κ1) is 90.6. The largest absolute Gasteiger partial charge is 0.465 e. The van der Waals surface area contributed by atoms with Gasteiger partial charge in [-0.15, -0.1) is 71.6 Å². The zero-order chi connectivity index (χ0) is 95.1. The second kappa shape index (κ2) is 37.7. The molecule has 676 valence electrons. The summed E-state index contributed by atoms with van der Waals surface area (Å²) in [5.41, 5.74) is 42.8. The second-order valence-electron chi connectivity index (χ2n) is 27.3. The van der Waals surface area contributed by atoms with Gasteiger partial charge in [-0.2, -0.15) is 94.3 Å². The Balaban J connectivity index is 0.000000168. The number of methoxy groups -OCH3 is 5. The molecule has 0 amide bonds. The molecule has 0 unspecified atom stereocenters. The van der Waals surface area contributed by atoms with Crippen LogP contribution in [0.3, 0.4) is 0 Å². The van der Waals surface area contributed by atoms with Gasteiger partial charge in [0.1, 0.15) is 27.8 Å². The Labute approximate surface area is 739 Å². The predicted molar refractivity (Wildman–Crippen MR) is 455 cm³/mol. The molecule has 15 aromatic heterocycles. The second-order valence-corrected chi connectivity index (χ2v) is 27.3. The summed E-state index contributed by atoms with van der Waals surface area (Å²) in [7, 11) is 15.9. The van der Waals surface area contributed by atoms with Gasteiger partial charge in [0.05, 0.1) is 125 Å². The third-order valence-electron chi connectivity index (χ3n) is 18.9. The number of aryl methyl sites for hydroxylation is 12. The van der Waals surface area contributed by atoms with Crippen LogP contribution in [0.25, 0.3) is 35.0 Å². The van der Waals surface area contributed by atoms with Crippen LogP contribution in [0.4, 0.5) is 104 Å². The smallest absolute Gasteiger partial charge is 0.343 e. The summed E-state index contributed by atoms with van der Waals surface area (Å²) in [5.74, 6) is -0.737. The molecule has 0 saturated carbocycles. The Morgan fingerprint density at radius 1 is 0.295 bits per heavy atom. The number of carbonyl (C=O) groups excluding carboxylic acids is 7. The van der Waals surface area contributed by atoms with Crippen molar-refractivity contribution in [3.63, 3.8) is 0 Å². The molecular formula is C72H76N48O12. The van der Waals surface area contributed by atoms with Crippen LogP contribution >= 0.6 is 0 Å². The van der Waals surface area contributed by atoms with Gasteiger partial charge in [-0.05, 0) is 53.7 Å². The number of azo groups is 6. The molecule has 0 radical (unpaired) electrons. The molecule has 0 aliphatic heterocycles. The number of esters is 5. The molecule has 0 spiro atoms. The number of aldehydes is 1. The Morgan fingerprint density at radius 2 is 0.523 bits per heavy atom. The molecular weight excluding hydrogens is 1730 g/mol. The molecule has 15 rings (SSSR count). The Hall–Kier alpha value is -19.1. The average Bonchev–Trinajstić information content (AvgIpc) is 1.63. The number of anilines is 6. The lowest BCUT2D eigenvalue weighted by Gasteiger charge is -2.06. The van der Waals surface area contributed by atoms with Gasteiger partial charge in [0.15, 0.2) is 139 Å². The van der Waals surface area contributed by atoms with E-state index in [1.165, 1.54) is 148 Å². The van der Waals surface area contributed by atoms with E-state index in [0.717, 1.165) is 0 Å². The van der Waals surface area contributed by atoms with Crippen molar-refractivity contribution in [1.82, 2.24) is 147 Å². The van der Waals surface area contributed by atoms with E-state index in [-0.39, 0.29) is 179 Å². The lowest BCUT2D eigenvalue weighted by Crippen LogP contribution is -2.10. The highest BCUT2D eigenvalue weighted by Crippen LogP contribution is 2.39. The molecule has 0 saturated heterocycles. The fraction of sp³-hybridized carbons (Fsp3) is 0.236. The van der Waals surface area contributed by atoms with Gasteiger partial charge < -0.3 is 58.1 Å². The fourth-order valence-corrected chi connectivity index (χ4v) is 12.0. The third kappa shape index (κ3) is 17.7. The van der Waals surface area contributed by atoms with Gasteiger partial charge in [-0.3, -0.25) is 9.59 Å². The van der Waals surface area contributed by atoms with Crippen LogP contribution in [0.5, 0.6) is 0 Å².